The summed E-state index contributed by atoms with van der Waals surface area (Å²) in [5, 5.41) is -2.74. The summed E-state index contributed by atoms with van der Waals surface area (Å²) in [7, 11) is -8.66. The molecule has 11 nitrogen and oxygen atoms in total. The summed E-state index contributed by atoms with van der Waals surface area (Å²) < 4.78 is 89.3. The summed E-state index contributed by atoms with van der Waals surface area (Å²) in [6, 6.07) is 12.1. The standard InChI is InChI=1S/C20H17F3N4O7S2/c21-20(22,23)19(29)34-27-36(32,33)16(18-24-13-3-1-2-4-14(13)25-18)9-11-5-7-12(8-6-11)15-10-17(28)26-35(15,30)31/h1-8,15-16,27H,9-10H2,(H,24,25)(H,26,28)/t15?,16-/m0/s1. The zero-order valence-corrected chi connectivity index (χ0v) is 19.6. The molecule has 2 heterocycles. The molecule has 1 aliphatic rings. The van der Waals surface area contributed by atoms with Gasteiger partial charge in [-0.2, -0.15) is 13.2 Å². The molecule has 1 amide bonds. The Morgan fingerprint density at radius 3 is 2.42 bits per heavy atom. The van der Waals surface area contributed by atoms with Crippen molar-refractivity contribution in [3.05, 3.63) is 65.5 Å². The van der Waals surface area contributed by atoms with Crippen molar-refractivity contribution >= 4 is 43.0 Å². The lowest BCUT2D eigenvalue weighted by Gasteiger charge is -2.17. The van der Waals surface area contributed by atoms with Gasteiger partial charge >= 0.3 is 12.1 Å². The number of aromatic amines is 1. The predicted octanol–water partition coefficient (Wildman–Crippen LogP) is 1.68. The van der Waals surface area contributed by atoms with E-state index in [9.17, 15) is 39.6 Å². The zero-order chi connectivity index (χ0) is 26.3. The molecule has 1 aliphatic heterocycles. The Morgan fingerprint density at radius 2 is 1.83 bits per heavy atom. The first-order chi connectivity index (χ1) is 16.8. The molecule has 192 valence electrons. The number of carbonyl (C=O) groups is 2. The lowest BCUT2D eigenvalue weighted by Crippen LogP contribution is -2.37. The summed E-state index contributed by atoms with van der Waals surface area (Å²) in [5.41, 5.74) is 1.47. The molecule has 3 aromatic rings. The number of halogens is 3. The Bertz CT molecular complexity index is 1500. The maximum absolute atomic E-state index is 12.9. The largest absolute Gasteiger partial charge is 0.492 e. The van der Waals surface area contributed by atoms with E-state index < -0.39 is 48.6 Å². The quantitative estimate of drug-likeness (QED) is 0.377. The average molecular weight is 547 g/mol. The van der Waals surface area contributed by atoms with Crippen LogP contribution in [-0.2, 0) is 40.9 Å². The third-order valence-corrected chi connectivity index (χ3v) is 8.50. The van der Waals surface area contributed by atoms with E-state index in [0.29, 0.717) is 16.6 Å². The van der Waals surface area contributed by atoms with E-state index in [1.807, 2.05) is 4.72 Å². The van der Waals surface area contributed by atoms with Crippen LogP contribution in [0.3, 0.4) is 0 Å². The number of nitrogens with one attached hydrogen (secondary N) is 3. The fourth-order valence-electron chi connectivity index (χ4n) is 3.62. The number of amides is 1. The molecule has 0 aliphatic carbocycles. The number of imidazole rings is 1. The molecule has 1 fully saturated rings. The van der Waals surface area contributed by atoms with Crippen molar-refractivity contribution in [2.45, 2.75) is 29.5 Å². The molecule has 2 atom stereocenters. The minimum absolute atomic E-state index is 0.135. The number of rotatable bonds is 7. The second-order valence-corrected chi connectivity index (χ2v) is 11.5. The van der Waals surface area contributed by atoms with E-state index in [4.69, 9.17) is 0 Å². The van der Waals surface area contributed by atoms with E-state index in [1.54, 1.807) is 24.3 Å². The Morgan fingerprint density at radius 1 is 1.17 bits per heavy atom. The number of benzene rings is 2. The van der Waals surface area contributed by atoms with Gasteiger partial charge < -0.3 is 9.82 Å². The number of nitrogens with zero attached hydrogens (tertiary/aromatic N) is 1. The van der Waals surface area contributed by atoms with Crippen LogP contribution in [0.15, 0.2) is 48.5 Å². The Labute approximate surface area is 202 Å². The minimum Gasteiger partial charge on any atom is -0.348 e. The number of H-pyrrole nitrogens is 1. The van der Waals surface area contributed by atoms with Gasteiger partial charge in [-0.05, 0) is 34.6 Å². The van der Waals surface area contributed by atoms with Gasteiger partial charge in [0.1, 0.15) is 16.3 Å². The fourth-order valence-corrected chi connectivity index (χ4v) is 6.17. The topological polar surface area (TPSA) is 164 Å². The smallest absolute Gasteiger partial charge is 0.348 e. The normalized spacial score (nSPS) is 18.6. The third kappa shape index (κ3) is 5.34. The van der Waals surface area contributed by atoms with Crippen molar-refractivity contribution in [1.82, 2.24) is 19.6 Å². The number of fused-ring (bicyclic) bond motifs is 1. The molecule has 0 saturated carbocycles. The number of carbonyl (C=O) groups excluding carboxylic acids is 2. The van der Waals surface area contributed by atoms with Gasteiger partial charge in [0.2, 0.25) is 15.9 Å². The highest BCUT2D eigenvalue weighted by molar-refractivity contribution is 7.90. The minimum atomic E-state index is -5.43. The molecule has 0 bridgehead atoms. The number of aromatic nitrogens is 2. The second-order valence-electron chi connectivity index (χ2n) is 7.85. The van der Waals surface area contributed by atoms with Gasteiger partial charge in [0.15, 0.2) is 0 Å². The SMILES string of the molecule is O=C1CC(c2ccc(C[C@@H](c3nc4ccccc4[nH]3)S(=O)(=O)NOC(=O)C(F)(F)F)cc2)S(=O)(=O)N1. The molecule has 36 heavy (non-hydrogen) atoms. The molecule has 1 saturated heterocycles. The second kappa shape index (κ2) is 9.18. The Hall–Kier alpha value is -3.50. The maximum atomic E-state index is 12.9. The van der Waals surface area contributed by atoms with Gasteiger partial charge in [0.05, 0.1) is 17.5 Å². The summed E-state index contributed by atoms with van der Waals surface area (Å²) in [6.07, 6.45) is -6.04. The number of para-hydroxylation sites is 2. The first kappa shape index (κ1) is 25.6. The number of hydrogen-bond acceptors (Lipinski definition) is 8. The lowest BCUT2D eigenvalue weighted by atomic mass is 10.0. The average Bonchev–Trinajstić information content (AvgIpc) is 3.34. The highest BCUT2D eigenvalue weighted by Gasteiger charge is 2.43. The summed E-state index contributed by atoms with van der Waals surface area (Å²) in [4.78, 5) is 34.5. The zero-order valence-electron chi connectivity index (χ0n) is 17.9. The van der Waals surface area contributed by atoms with E-state index >= 15 is 0 Å². The van der Waals surface area contributed by atoms with Gasteiger partial charge in [0.25, 0.3) is 10.0 Å². The van der Waals surface area contributed by atoms with E-state index in [1.165, 1.54) is 29.2 Å². The Kier molecular flexibility index (Phi) is 6.52. The molecule has 3 N–H and O–H groups in total. The van der Waals surface area contributed by atoms with Crippen LogP contribution in [0, 0.1) is 0 Å². The number of alkyl halides is 3. The van der Waals surface area contributed by atoms with Crippen LogP contribution in [-0.4, -0.2) is 44.9 Å². The maximum Gasteiger partial charge on any atom is 0.492 e. The summed E-state index contributed by atoms with van der Waals surface area (Å²) in [6.45, 7) is 0. The van der Waals surface area contributed by atoms with Crippen molar-refractivity contribution in [3.63, 3.8) is 0 Å². The third-order valence-electron chi connectivity index (χ3n) is 5.34. The molecule has 0 radical (unpaired) electrons. The van der Waals surface area contributed by atoms with Gasteiger partial charge in [0, 0.05) is 0 Å². The lowest BCUT2D eigenvalue weighted by molar-refractivity contribution is -0.203. The van der Waals surface area contributed by atoms with Gasteiger partial charge in [-0.3, -0.25) is 9.52 Å². The molecule has 2 aromatic carbocycles. The number of hydrogen-bond donors (Lipinski definition) is 3. The molecular formula is C20H17F3N4O7S2. The molecule has 0 spiro atoms. The van der Waals surface area contributed by atoms with Gasteiger partial charge in [-0.15, -0.1) is 0 Å². The highest BCUT2D eigenvalue weighted by atomic mass is 32.2. The molecule has 1 aromatic heterocycles. The highest BCUT2D eigenvalue weighted by Crippen LogP contribution is 2.32. The first-order valence-electron chi connectivity index (χ1n) is 10.1. The molecule has 4 rings (SSSR count). The molecule has 1 unspecified atom stereocenters. The van der Waals surface area contributed by atoms with Crippen LogP contribution in [0.5, 0.6) is 0 Å². The van der Waals surface area contributed by atoms with Crippen molar-refractivity contribution in [3.8, 4) is 0 Å². The van der Waals surface area contributed by atoms with Crippen molar-refractivity contribution < 1.29 is 44.4 Å². The monoisotopic (exact) mass is 546 g/mol. The fraction of sp³-hybridized carbons (Fsp3) is 0.250. The van der Waals surface area contributed by atoms with Crippen LogP contribution in [0.4, 0.5) is 13.2 Å². The predicted molar refractivity (Wildman–Crippen MR) is 118 cm³/mol. The molecular weight excluding hydrogens is 529 g/mol. The van der Waals surface area contributed by atoms with Crippen LogP contribution in [0.2, 0.25) is 0 Å². The van der Waals surface area contributed by atoms with Crippen LogP contribution in [0.1, 0.15) is 33.9 Å². The van der Waals surface area contributed by atoms with Crippen LogP contribution >= 0.6 is 0 Å². The van der Waals surface area contributed by atoms with Crippen LogP contribution < -0.4 is 9.61 Å². The van der Waals surface area contributed by atoms with Crippen LogP contribution in [0.25, 0.3) is 11.0 Å². The Balaban J connectivity index is 1.64. The van der Waals surface area contributed by atoms with Gasteiger partial charge in [-0.1, -0.05) is 36.4 Å². The van der Waals surface area contributed by atoms with Crippen molar-refractivity contribution in [1.29, 1.82) is 0 Å². The van der Waals surface area contributed by atoms with Crippen molar-refractivity contribution in [2.24, 2.45) is 0 Å². The van der Waals surface area contributed by atoms with Gasteiger partial charge in [-0.25, -0.2) is 26.6 Å². The first-order valence-corrected chi connectivity index (χ1v) is 13.2. The van der Waals surface area contributed by atoms with E-state index in [2.05, 4.69) is 14.8 Å². The molecule has 16 heteroatoms. The van der Waals surface area contributed by atoms with Crippen molar-refractivity contribution in [2.75, 3.05) is 0 Å². The summed E-state index contributed by atoms with van der Waals surface area (Å²) >= 11 is 0. The number of sulfonamides is 2. The van der Waals surface area contributed by atoms with E-state index in [0.717, 1.165) is 0 Å². The summed E-state index contributed by atoms with van der Waals surface area (Å²) in [5.74, 6) is -3.54. The van der Waals surface area contributed by atoms with E-state index in [-0.39, 0.29) is 24.2 Å².